The van der Waals surface area contributed by atoms with Gasteiger partial charge in [-0.25, -0.2) is 0 Å². The molecule has 4 nitrogen and oxygen atoms in total. The van der Waals surface area contributed by atoms with Crippen molar-refractivity contribution in [3.05, 3.63) is 12.3 Å². The molecule has 0 aromatic carbocycles. The molecular formula is C13H28N2O2Si. The predicted molar refractivity (Wildman–Crippen MR) is 80.8 cm³/mol. The molecule has 0 N–H and O–H groups in total. The average Bonchev–Trinajstić information content (AvgIpc) is 2.29. The zero-order valence-electron chi connectivity index (χ0n) is 12.6. The van der Waals surface area contributed by atoms with Crippen LogP contribution in [0, 0.1) is 0 Å². The Morgan fingerprint density at radius 2 is 2.00 bits per heavy atom. The fraction of sp³-hybridized carbons (Fsp3) is 0.769. The van der Waals surface area contributed by atoms with Crippen LogP contribution in [-0.2, 0) is 9.47 Å². The molecule has 106 valence electrons. The van der Waals surface area contributed by atoms with E-state index in [-0.39, 0.29) is 6.10 Å². The van der Waals surface area contributed by atoms with Gasteiger partial charge in [-0.3, -0.25) is 4.99 Å². The lowest BCUT2D eigenvalue weighted by molar-refractivity contribution is 0.0941. The summed E-state index contributed by atoms with van der Waals surface area (Å²) in [5.41, 5.74) is 0. The van der Waals surface area contributed by atoms with Crippen LogP contribution in [0.25, 0.3) is 0 Å². The van der Waals surface area contributed by atoms with Gasteiger partial charge in [0.15, 0.2) is 0 Å². The van der Waals surface area contributed by atoms with Gasteiger partial charge in [0.25, 0.3) is 0 Å². The Kier molecular flexibility index (Phi) is 8.96. The van der Waals surface area contributed by atoms with E-state index in [2.05, 4.69) is 24.6 Å². The first-order chi connectivity index (χ1) is 8.39. The molecule has 0 bridgehead atoms. The maximum absolute atomic E-state index is 5.67. The first kappa shape index (κ1) is 17.3. The largest absolute Gasteiger partial charge is 0.378 e. The number of nitrogens with zero attached hydrogens (tertiary/aromatic N) is 2. The molecule has 0 saturated heterocycles. The fourth-order valence-electron chi connectivity index (χ4n) is 1.12. The van der Waals surface area contributed by atoms with Gasteiger partial charge in [-0.2, -0.15) is 0 Å². The molecule has 0 amide bonds. The molecule has 0 spiro atoms. The van der Waals surface area contributed by atoms with E-state index in [1.54, 1.807) is 20.5 Å². The van der Waals surface area contributed by atoms with Crippen LogP contribution in [0.5, 0.6) is 0 Å². The van der Waals surface area contributed by atoms with Crippen molar-refractivity contribution < 1.29 is 9.47 Å². The summed E-state index contributed by atoms with van der Waals surface area (Å²) in [6.07, 6.45) is 5.77. The lowest BCUT2D eigenvalue weighted by Crippen LogP contribution is -2.25. The highest BCUT2D eigenvalue weighted by molar-refractivity contribution is 6.76. The molecule has 0 radical (unpaired) electrons. The highest BCUT2D eigenvalue weighted by Crippen LogP contribution is 2.07. The lowest BCUT2D eigenvalue weighted by atomic mass is 10.4. The number of aliphatic imine (C=N–C) groups is 1. The summed E-state index contributed by atoms with van der Waals surface area (Å²) in [7, 11) is 2.44. The van der Waals surface area contributed by atoms with Crippen LogP contribution in [0.3, 0.4) is 0 Å². The van der Waals surface area contributed by atoms with Crippen LogP contribution in [-0.4, -0.2) is 52.9 Å². The van der Waals surface area contributed by atoms with E-state index in [0.29, 0.717) is 6.73 Å². The van der Waals surface area contributed by atoms with Gasteiger partial charge in [0.2, 0.25) is 0 Å². The second kappa shape index (κ2) is 9.30. The normalized spacial score (nSPS) is 14.6. The highest BCUT2D eigenvalue weighted by atomic mass is 28.3. The molecule has 0 fully saturated rings. The SMILES string of the molecule is C/N=C\N(/C=C/C(C)OC)COCC[Si](C)(C)C. The molecule has 0 aliphatic heterocycles. The molecular weight excluding hydrogens is 244 g/mol. The maximum Gasteiger partial charge on any atom is 0.123 e. The van der Waals surface area contributed by atoms with E-state index in [4.69, 9.17) is 9.47 Å². The van der Waals surface area contributed by atoms with Gasteiger partial charge >= 0.3 is 0 Å². The summed E-state index contributed by atoms with van der Waals surface area (Å²) in [4.78, 5) is 5.92. The quantitative estimate of drug-likeness (QED) is 0.213. The van der Waals surface area contributed by atoms with Crippen molar-refractivity contribution in [1.29, 1.82) is 0 Å². The van der Waals surface area contributed by atoms with E-state index in [1.807, 2.05) is 24.1 Å². The summed E-state index contributed by atoms with van der Waals surface area (Å²) in [5, 5.41) is 0. The number of hydrogen-bond donors (Lipinski definition) is 0. The van der Waals surface area contributed by atoms with Crippen LogP contribution in [0.1, 0.15) is 6.92 Å². The minimum atomic E-state index is -1.01. The van der Waals surface area contributed by atoms with Crippen molar-refractivity contribution in [3.63, 3.8) is 0 Å². The Morgan fingerprint density at radius 3 is 2.50 bits per heavy atom. The Hall–Kier alpha value is -0.653. The van der Waals surface area contributed by atoms with Gasteiger partial charge in [-0.05, 0) is 19.0 Å². The van der Waals surface area contributed by atoms with Crippen LogP contribution >= 0.6 is 0 Å². The average molecular weight is 272 g/mol. The third-order valence-corrected chi connectivity index (χ3v) is 4.13. The summed E-state index contributed by atoms with van der Waals surface area (Å²) < 4.78 is 10.8. The van der Waals surface area contributed by atoms with E-state index in [0.717, 1.165) is 6.61 Å². The zero-order chi connectivity index (χ0) is 14.0. The predicted octanol–water partition coefficient (Wildman–Crippen LogP) is 2.81. The summed E-state index contributed by atoms with van der Waals surface area (Å²) in [6.45, 7) is 10.4. The number of rotatable bonds is 9. The first-order valence-corrected chi connectivity index (χ1v) is 10.1. The second-order valence-electron chi connectivity index (χ2n) is 5.52. The number of hydrogen-bond acceptors (Lipinski definition) is 3. The highest BCUT2D eigenvalue weighted by Gasteiger charge is 2.12. The number of ether oxygens (including phenoxy) is 2. The molecule has 0 saturated carbocycles. The van der Waals surface area contributed by atoms with E-state index in [1.165, 1.54) is 6.04 Å². The molecule has 0 aromatic heterocycles. The fourth-order valence-corrected chi connectivity index (χ4v) is 1.88. The van der Waals surface area contributed by atoms with Gasteiger partial charge in [0, 0.05) is 35.0 Å². The van der Waals surface area contributed by atoms with Crippen LogP contribution in [0.4, 0.5) is 0 Å². The van der Waals surface area contributed by atoms with Crippen molar-refractivity contribution >= 4 is 14.4 Å². The Bertz CT molecular complexity index is 262. The monoisotopic (exact) mass is 272 g/mol. The summed E-state index contributed by atoms with van der Waals surface area (Å²) in [5.74, 6) is 0. The summed E-state index contributed by atoms with van der Waals surface area (Å²) >= 11 is 0. The molecule has 18 heavy (non-hydrogen) atoms. The zero-order valence-corrected chi connectivity index (χ0v) is 13.6. The van der Waals surface area contributed by atoms with Crippen molar-refractivity contribution in [2.75, 3.05) is 27.5 Å². The minimum absolute atomic E-state index is 0.0970. The third-order valence-electron chi connectivity index (χ3n) is 2.42. The molecule has 0 aliphatic carbocycles. The second-order valence-corrected chi connectivity index (χ2v) is 11.1. The molecule has 0 aliphatic rings. The van der Waals surface area contributed by atoms with Crippen molar-refractivity contribution in [1.82, 2.24) is 4.90 Å². The molecule has 0 heterocycles. The van der Waals surface area contributed by atoms with Gasteiger partial charge in [0.05, 0.1) is 12.4 Å². The van der Waals surface area contributed by atoms with E-state index in [9.17, 15) is 0 Å². The van der Waals surface area contributed by atoms with Crippen LogP contribution in [0.2, 0.25) is 25.7 Å². The molecule has 1 atom stereocenters. The van der Waals surface area contributed by atoms with E-state index >= 15 is 0 Å². The minimum Gasteiger partial charge on any atom is -0.378 e. The lowest BCUT2D eigenvalue weighted by Gasteiger charge is -2.18. The van der Waals surface area contributed by atoms with E-state index < -0.39 is 8.07 Å². The van der Waals surface area contributed by atoms with Crippen molar-refractivity contribution in [2.45, 2.75) is 38.7 Å². The topological polar surface area (TPSA) is 34.1 Å². The third kappa shape index (κ3) is 10.5. The Balaban J connectivity index is 4.02. The Morgan fingerprint density at radius 1 is 1.33 bits per heavy atom. The maximum atomic E-state index is 5.67. The summed E-state index contributed by atoms with van der Waals surface area (Å²) in [6, 6.07) is 1.18. The van der Waals surface area contributed by atoms with Gasteiger partial charge < -0.3 is 14.4 Å². The molecule has 1 unspecified atom stereocenters. The Labute approximate surface area is 113 Å². The first-order valence-electron chi connectivity index (χ1n) is 6.36. The van der Waals surface area contributed by atoms with Gasteiger partial charge in [-0.1, -0.05) is 19.6 Å². The molecule has 0 rings (SSSR count). The number of methoxy groups -OCH3 is 1. The van der Waals surface area contributed by atoms with Crippen molar-refractivity contribution in [2.24, 2.45) is 4.99 Å². The van der Waals surface area contributed by atoms with Crippen molar-refractivity contribution in [3.8, 4) is 0 Å². The van der Waals surface area contributed by atoms with Crippen LogP contribution < -0.4 is 0 Å². The molecule has 0 aromatic rings. The standard InChI is InChI=1S/C13H28N2O2Si/c1-13(16-3)7-8-15(11-14-2)12-17-9-10-18(4,5)6/h7-8,11,13H,9-10,12H2,1-6H3/b8-7+,14-11-. The van der Waals surface area contributed by atoms with Gasteiger partial charge in [0.1, 0.15) is 6.73 Å². The smallest absolute Gasteiger partial charge is 0.123 e. The molecule has 5 heteroatoms. The van der Waals surface area contributed by atoms with Gasteiger partial charge in [-0.15, -0.1) is 0 Å². The van der Waals surface area contributed by atoms with Crippen LogP contribution in [0.15, 0.2) is 17.3 Å².